The first-order valence-electron chi connectivity index (χ1n) is 13.7. The van der Waals surface area contributed by atoms with Crippen molar-refractivity contribution in [1.29, 1.82) is 0 Å². The molecule has 4 aromatic carbocycles. The van der Waals surface area contributed by atoms with E-state index in [0.717, 1.165) is 37.1 Å². The fourth-order valence-electron chi connectivity index (χ4n) is 5.88. The van der Waals surface area contributed by atoms with E-state index in [1.165, 1.54) is 11.1 Å². The van der Waals surface area contributed by atoms with Gasteiger partial charge >= 0.3 is 6.03 Å². The number of nitrogens with one attached hydrogen (secondary N) is 3. The number of nitrogens with zero attached hydrogens (tertiary/aromatic N) is 1. The molecule has 0 aromatic heterocycles. The molecule has 5 N–H and O–H groups in total. The quantitative estimate of drug-likeness (QED) is 0.248. The number of likely N-dealkylation sites (tertiary alicyclic amines) is 1. The molecule has 0 unspecified atom stereocenters. The van der Waals surface area contributed by atoms with Crippen LogP contribution >= 0.6 is 0 Å². The third kappa shape index (κ3) is 5.16. The van der Waals surface area contributed by atoms with E-state index in [2.05, 4.69) is 40.2 Å². The molecule has 3 amide bonds. The smallest absolute Gasteiger partial charge is 0.321 e. The molecule has 2 aliphatic rings. The maximum atomic E-state index is 13.0. The Kier molecular flexibility index (Phi) is 6.97. The number of carbonyl (C=O) groups excluding carboxylic acids is 2. The summed E-state index contributed by atoms with van der Waals surface area (Å²) >= 11 is 0. The Morgan fingerprint density at radius 2 is 1.52 bits per heavy atom. The first kappa shape index (κ1) is 25.6. The van der Waals surface area contributed by atoms with E-state index in [1.807, 2.05) is 47.4 Å². The van der Waals surface area contributed by atoms with Crippen LogP contribution in [0, 0.1) is 0 Å². The molecule has 2 aliphatic heterocycles. The van der Waals surface area contributed by atoms with Gasteiger partial charge in [0.15, 0.2) is 0 Å². The van der Waals surface area contributed by atoms with E-state index in [-0.39, 0.29) is 17.4 Å². The average Bonchev–Trinajstić information content (AvgIpc) is 3.00. The molecule has 40 heavy (non-hydrogen) atoms. The zero-order chi connectivity index (χ0) is 27.5. The highest BCUT2D eigenvalue weighted by atomic mass is 16.2. The minimum atomic E-state index is -0.266. The van der Waals surface area contributed by atoms with Gasteiger partial charge in [-0.15, -0.1) is 0 Å². The van der Waals surface area contributed by atoms with Gasteiger partial charge in [-0.25, -0.2) is 4.79 Å². The van der Waals surface area contributed by atoms with E-state index in [1.54, 1.807) is 30.3 Å². The van der Waals surface area contributed by atoms with Crippen LogP contribution in [0.1, 0.15) is 34.3 Å². The molecular weight excluding hydrogens is 498 g/mol. The summed E-state index contributed by atoms with van der Waals surface area (Å²) in [6.07, 6.45) is 1.86. The number of hydrogen-bond acceptors (Lipinski definition) is 4. The number of carbonyl (C=O) groups is 2. The van der Waals surface area contributed by atoms with E-state index in [9.17, 15) is 9.59 Å². The van der Waals surface area contributed by atoms with Crippen LogP contribution < -0.4 is 21.7 Å². The molecule has 7 heteroatoms. The third-order valence-electron chi connectivity index (χ3n) is 8.18. The number of fused-ring (bicyclic) bond motifs is 2. The van der Waals surface area contributed by atoms with Crippen molar-refractivity contribution in [3.05, 3.63) is 114 Å². The maximum absolute atomic E-state index is 13.0. The fourth-order valence-corrected chi connectivity index (χ4v) is 5.88. The predicted octanol–water partition coefficient (Wildman–Crippen LogP) is 5.86. The minimum absolute atomic E-state index is 0.0879. The summed E-state index contributed by atoms with van der Waals surface area (Å²) in [6.45, 7) is 3.26. The Labute approximate surface area is 234 Å². The zero-order valence-electron chi connectivity index (χ0n) is 22.3. The molecule has 0 atom stereocenters. The number of urea groups is 1. The summed E-state index contributed by atoms with van der Waals surface area (Å²) in [5, 5.41) is 9.48. The normalized spacial score (nSPS) is 15.8. The van der Waals surface area contributed by atoms with Gasteiger partial charge in [-0.3, -0.25) is 4.79 Å². The maximum Gasteiger partial charge on any atom is 0.321 e. The second kappa shape index (κ2) is 10.9. The van der Waals surface area contributed by atoms with Gasteiger partial charge in [0.1, 0.15) is 0 Å². The van der Waals surface area contributed by atoms with E-state index in [4.69, 9.17) is 5.73 Å². The van der Waals surface area contributed by atoms with Gasteiger partial charge in [0, 0.05) is 42.8 Å². The van der Waals surface area contributed by atoms with Crippen molar-refractivity contribution in [2.24, 2.45) is 0 Å². The van der Waals surface area contributed by atoms with Crippen LogP contribution in [0.4, 0.5) is 21.9 Å². The second-order valence-electron chi connectivity index (χ2n) is 10.7. The molecule has 1 fully saturated rings. The van der Waals surface area contributed by atoms with Gasteiger partial charge in [0.25, 0.3) is 5.91 Å². The second-order valence-corrected chi connectivity index (χ2v) is 10.7. The Bertz CT molecular complexity index is 1530. The molecule has 1 saturated heterocycles. The highest BCUT2D eigenvalue weighted by molar-refractivity contribution is 6.06. The van der Waals surface area contributed by atoms with Crippen molar-refractivity contribution in [2.75, 3.05) is 36.0 Å². The monoisotopic (exact) mass is 531 g/mol. The Morgan fingerprint density at radius 3 is 2.30 bits per heavy atom. The number of amides is 3. The minimum Gasteiger partial charge on any atom is -0.397 e. The lowest BCUT2D eigenvalue weighted by Crippen LogP contribution is -2.52. The van der Waals surface area contributed by atoms with Crippen LogP contribution in [-0.2, 0) is 12.0 Å². The number of hydrogen-bond donors (Lipinski definition) is 4. The van der Waals surface area contributed by atoms with Crippen molar-refractivity contribution in [1.82, 2.24) is 10.2 Å². The first-order chi connectivity index (χ1) is 19.5. The summed E-state index contributed by atoms with van der Waals surface area (Å²) in [4.78, 5) is 27.9. The molecule has 7 nitrogen and oxygen atoms in total. The number of anilines is 3. The highest BCUT2D eigenvalue weighted by Crippen LogP contribution is 2.39. The lowest BCUT2D eigenvalue weighted by atomic mass is 9.69. The van der Waals surface area contributed by atoms with Crippen molar-refractivity contribution in [3.63, 3.8) is 0 Å². The largest absolute Gasteiger partial charge is 0.397 e. The summed E-state index contributed by atoms with van der Waals surface area (Å²) in [5.41, 5.74) is 13.2. The van der Waals surface area contributed by atoms with E-state index < -0.39 is 0 Å². The first-order valence-corrected chi connectivity index (χ1v) is 13.7. The summed E-state index contributed by atoms with van der Waals surface area (Å²) in [6, 6.07) is 31.0. The van der Waals surface area contributed by atoms with Crippen LogP contribution in [0.25, 0.3) is 11.1 Å². The molecule has 2 heterocycles. The molecular formula is C33H33N5O2. The van der Waals surface area contributed by atoms with Gasteiger partial charge in [-0.05, 0) is 71.5 Å². The summed E-state index contributed by atoms with van der Waals surface area (Å²) in [5.74, 6) is -0.266. The Morgan fingerprint density at radius 1 is 0.800 bits per heavy atom. The number of benzene rings is 4. The number of nitrogen functional groups attached to an aromatic ring is 1. The van der Waals surface area contributed by atoms with E-state index in [0.29, 0.717) is 35.7 Å². The van der Waals surface area contributed by atoms with Crippen LogP contribution in [0.5, 0.6) is 0 Å². The average molecular weight is 532 g/mol. The van der Waals surface area contributed by atoms with Crippen LogP contribution in [0.3, 0.4) is 0 Å². The van der Waals surface area contributed by atoms with Crippen LogP contribution in [-0.4, -0.2) is 36.5 Å². The fraction of sp³-hybridized carbons (Fsp3) is 0.212. The number of piperidine rings is 1. The summed E-state index contributed by atoms with van der Waals surface area (Å²) < 4.78 is 0. The molecule has 0 radical (unpaired) electrons. The lowest BCUT2D eigenvalue weighted by molar-refractivity contribution is 0.102. The third-order valence-corrected chi connectivity index (χ3v) is 8.18. The molecule has 6 rings (SSSR count). The zero-order valence-corrected chi connectivity index (χ0v) is 22.3. The van der Waals surface area contributed by atoms with Gasteiger partial charge in [-0.2, -0.15) is 0 Å². The Balaban J connectivity index is 1.07. The van der Waals surface area contributed by atoms with E-state index >= 15 is 0 Å². The molecule has 0 aliphatic carbocycles. The number of rotatable bonds is 4. The van der Waals surface area contributed by atoms with Crippen LogP contribution in [0.15, 0.2) is 97.1 Å². The lowest BCUT2D eigenvalue weighted by Gasteiger charge is -2.45. The van der Waals surface area contributed by atoms with Gasteiger partial charge < -0.3 is 26.6 Å². The molecule has 1 spiro atoms. The highest BCUT2D eigenvalue weighted by Gasteiger charge is 2.40. The molecule has 0 bridgehead atoms. The van der Waals surface area contributed by atoms with Crippen LogP contribution in [0.2, 0.25) is 0 Å². The van der Waals surface area contributed by atoms with Gasteiger partial charge in [-0.1, -0.05) is 60.7 Å². The predicted molar refractivity (Wildman–Crippen MR) is 160 cm³/mol. The van der Waals surface area contributed by atoms with Gasteiger partial charge in [0.2, 0.25) is 0 Å². The molecule has 202 valence electrons. The molecule has 4 aromatic rings. The Hall–Kier alpha value is -4.62. The summed E-state index contributed by atoms with van der Waals surface area (Å²) in [7, 11) is 0. The van der Waals surface area contributed by atoms with Gasteiger partial charge in [0.05, 0.1) is 11.4 Å². The van der Waals surface area contributed by atoms with Crippen molar-refractivity contribution < 1.29 is 9.59 Å². The standard InChI is InChI=1S/C33H33N5O2/c34-29-15-12-25(23-6-2-1-3-7-23)20-30(29)37-31(39)24-10-13-27(14-11-24)36-32(40)38-18-16-33(17-19-38)22-35-21-26-8-4-5-9-28(26)33/h1-15,20,35H,16-19,21-22,34H2,(H,36,40)(H,37,39). The van der Waals surface area contributed by atoms with Crippen molar-refractivity contribution in [2.45, 2.75) is 24.8 Å². The SMILES string of the molecule is Nc1ccc(-c2ccccc2)cc1NC(=O)c1ccc(NC(=O)N2CCC3(CC2)CNCc2ccccc23)cc1. The van der Waals surface area contributed by atoms with Crippen molar-refractivity contribution >= 4 is 29.0 Å². The van der Waals surface area contributed by atoms with Crippen molar-refractivity contribution in [3.8, 4) is 11.1 Å². The topological polar surface area (TPSA) is 99.5 Å². The number of nitrogens with two attached hydrogens (primary N) is 1. The molecule has 0 saturated carbocycles.